The van der Waals surface area contributed by atoms with Crippen molar-refractivity contribution in [3.8, 4) is 0 Å². The van der Waals surface area contributed by atoms with Gasteiger partial charge in [0, 0.05) is 56.6 Å². The molecule has 4 nitrogen and oxygen atoms in total. The molecule has 28 heavy (non-hydrogen) atoms. The van der Waals surface area contributed by atoms with Gasteiger partial charge in [-0.25, -0.2) is 0 Å². The fourth-order valence-corrected chi connectivity index (χ4v) is 4.67. The zero-order chi connectivity index (χ0) is 19.5. The van der Waals surface area contributed by atoms with Crippen LogP contribution < -0.4 is 4.90 Å². The SMILES string of the molecule is Cc1ccccc1C(=O)N1CCC[C@H](N2CCN(c3ccccc3C)CC2)C1. The Balaban J connectivity index is 1.37. The number of likely N-dealkylation sites (tertiary alicyclic amines) is 1. The molecular formula is C24H31N3O. The number of benzene rings is 2. The second kappa shape index (κ2) is 8.36. The zero-order valence-corrected chi connectivity index (χ0v) is 17.1. The lowest BCUT2D eigenvalue weighted by Gasteiger charge is -2.44. The molecule has 0 aromatic heterocycles. The predicted octanol–water partition coefficient (Wildman–Crippen LogP) is 3.73. The fourth-order valence-electron chi connectivity index (χ4n) is 4.67. The Morgan fingerprint density at radius 3 is 2.25 bits per heavy atom. The van der Waals surface area contributed by atoms with E-state index in [1.54, 1.807) is 0 Å². The van der Waals surface area contributed by atoms with E-state index in [-0.39, 0.29) is 5.91 Å². The van der Waals surface area contributed by atoms with E-state index >= 15 is 0 Å². The van der Waals surface area contributed by atoms with Gasteiger partial charge in [0.1, 0.15) is 0 Å². The molecule has 0 spiro atoms. The normalized spacial score (nSPS) is 21.0. The van der Waals surface area contributed by atoms with Gasteiger partial charge in [0.15, 0.2) is 0 Å². The lowest BCUT2D eigenvalue weighted by molar-refractivity contribution is 0.0563. The van der Waals surface area contributed by atoms with Crippen molar-refractivity contribution in [3.05, 3.63) is 65.2 Å². The first-order chi connectivity index (χ1) is 13.6. The highest BCUT2D eigenvalue weighted by Crippen LogP contribution is 2.24. The lowest BCUT2D eigenvalue weighted by Crippen LogP contribution is -2.56. The predicted molar refractivity (Wildman–Crippen MR) is 115 cm³/mol. The minimum Gasteiger partial charge on any atom is -0.369 e. The monoisotopic (exact) mass is 377 g/mol. The molecule has 4 rings (SSSR count). The van der Waals surface area contributed by atoms with Crippen molar-refractivity contribution in [2.75, 3.05) is 44.2 Å². The maximum absolute atomic E-state index is 13.0. The molecule has 0 bridgehead atoms. The smallest absolute Gasteiger partial charge is 0.254 e. The van der Waals surface area contributed by atoms with E-state index in [1.807, 2.05) is 31.2 Å². The summed E-state index contributed by atoms with van der Waals surface area (Å²) in [6.45, 7) is 10.2. The van der Waals surface area contributed by atoms with Gasteiger partial charge in [-0.1, -0.05) is 36.4 Å². The van der Waals surface area contributed by atoms with Crippen LogP contribution in [-0.2, 0) is 0 Å². The number of piperazine rings is 1. The van der Waals surface area contributed by atoms with Gasteiger partial charge in [-0.15, -0.1) is 0 Å². The van der Waals surface area contributed by atoms with Crippen LogP contribution in [0.4, 0.5) is 5.69 Å². The average Bonchev–Trinajstić information content (AvgIpc) is 2.74. The van der Waals surface area contributed by atoms with Gasteiger partial charge in [-0.2, -0.15) is 0 Å². The number of aryl methyl sites for hydroxylation is 2. The molecule has 0 aliphatic carbocycles. The van der Waals surface area contributed by atoms with Crippen molar-refractivity contribution in [2.45, 2.75) is 32.7 Å². The van der Waals surface area contributed by atoms with Gasteiger partial charge in [-0.05, 0) is 49.9 Å². The lowest BCUT2D eigenvalue weighted by atomic mass is 10.0. The summed E-state index contributed by atoms with van der Waals surface area (Å²) in [7, 11) is 0. The molecule has 0 N–H and O–H groups in total. The molecule has 2 aliphatic heterocycles. The second-order valence-corrected chi connectivity index (χ2v) is 8.17. The molecule has 0 saturated carbocycles. The molecule has 0 radical (unpaired) electrons. The molecule has 2 saturated heterocycles. The van der Waals surface area contributed by atoms with Crippen LogP contribution in [0, 0.1) is 13.8 Å². The van der Waals surface area contributed by atoms with E-state index in [9.17, 15) is 4.79 Å². The van der Waals surface area contributed by atoms with Crippen LogP contribution in [0.25, 0.3) is 0 Å². The third-order valence-electron chi connectivity index (χ3n) is 6.35. The van der Waals surface area contributed by atoms with Gasteiger partial charge in [0.05, 0.1) is 0 Å². The summed E-state index contributed by atoms with van der Waals surface area (Å²) in [5.41, 5.74) is 4.64. The van der Waals surface area contributed by atoms with E-state index in [4.69, 9.17) is 0 Å². The van der Waals surface area contributed by atoms with E-state index in [2.05, 4.69) is 45.9 Å². The summed E-state index contributed by atoms with van der Waals surface area (Å²) < 4.78 is 0. The van der Waals surface area contributed by atoms with Crippen molar-refractivity contribution in [1.29, 1.82) is 0 Å². The van der Waals surface area contributed by atoms with E-state index < -0.39 is 0 Å². The number of para-hydroxylation sites is 1. The number of hydrogen-bond acceptors (Lipinski definition) is 3. The van der Waals surface area contributed by atoms with Crippen LogP contribution >= 0.6 is 0 Å². The molecule has 2 fully saturated rings. The number of piperidine rings is 1. The van der Waals surface area contributed by atoms with Crippen LogP contribution in [0.5, 0.6) is 0 Å². The molecule has 4 heteroatoms. The van der Waals surface area contributed by atoms with Crippen molar-refractivity contribution in [2.24, 2.45) is 0 Å². The van der Waals surface area contributed by atoms with E-state index in [0.29, 0.717) is 6.04 Å². The molecule has 2 aromatic carbocycles. The molecule has 0 unspecified atom stereocenters. The van der Waals surface area contributed by atoms with Crippen molar-refractivity contribution in [3.63, 3.8) is 0 Å². The highest BCUT2D eigenvalue weighted by Gasteiger charge is 2.30. The second-order valence-electron chi connectivity index (χ2n) is 8.17. The van der Waals surface area contributed by atoms with Crippen LogP contribution in [-0.4, -0.2) is 61.0 Å². The van der Waals surface area contributed by atoms with Crippen molar-refractivity contribution < 1.29 is 4.79 Å². The molecule has 2 aliphatic rings. The number of nitrogens with zero attached hydrogens (tertiary/aromatic N) is 3. The number of anilines is 1. The summed E-state index contributed by atoms with van der Waals surface area (Å²) in [4.78, 5) is 20.2. The number of carbonyl (C=O) groups is 1. The molecular weight excluding hydrogens is 346 g/mol. The zero-order valence-electron chi connectivity index (χ0n) is 17.1. The third-order valence-corrected chi connectivity index (χ3v) is 6.35. The third kappa shape index (κ3) is 3.93. The van der Waals surface area contributed by atoms with Gasteiger partial charge in [0.2, 0.25) is 0 Å². The topological polar surface area (TPSA) is 26.8 Å². The van der Waals surface area contributed by atoms with E-state index in [0.717, 1.165) is 56.8 Å². The first kappa shape index (κ1) is 19.0. The molecule has 2 aromatic rings. The van der Waals surface area contributed by atoms with E-state index in [1.165, 1.54) is 17.7 Å². The Hall–Kier alpha value is -2.33. The first-order valence-corrected chi connectivity index (χ1v) is 10.5. The Morgan fingerprint density at radius 2 is 1.54 bits per heavy atom. The minimum atomic E-state index is 0.196. The fraction of sp³-hybridized carbons (Fsp3) is 0.458. The van der Waals surface area contributed by atoms with Crippen LogP contribution in [0.3, 0.4) is 0 Å². The first-order valence-electron chi connectivity index (χ1n) is 10.5. The van der Waals surface area contributed by atoms with Gasteiger partial charge < -0.3 is 9.80 Å². The number of hydrogen-bond donors (Lipinski definition) is 0. The number of carbonyl (C=O) groups excluding carboxylic acids is 1. The number of amides is 1. The Kier molecular flexibility index (Phi) is 5.67. The summed E-state index contributed by atoms with van der Waals surface area (Å²) in [5, 5.41) is 0. The quantitative estimate of drug-likeness (QED) is 0.815. The van der Waals surface area contributed by atoms with Gasteiger partial charge in [-0.3, -0.25) is 9.69 Å². The molecule has 1 amide bonds. The van der Waals surface area contributed by atoms with Crippen molar-refractivity contribution >= 4 is 11.6 Å². The van der Waals surface area contributed by atoms with Crippen LogP contribution in [0.2, 0.25) is 0 Å². The Bertz CT molecular complexity index is 826. The van der Waals surface area contributed by atoms with Crippen LogP contribution in [0.15, 0.2) is 48.5 Å². The Labute approximate surface area is 168 Å². The standard InChI is InChI=1S/C24H31N3O/c1-19-8-3-5-11-22(19)24(28)27-13-7-10-21(18-27)25-14-16-26(17-15-25)23-12-6-4-9-20(23)2/h3-6,8-9,11-12,21H,7,10,13-18H2,1-2H3/t21-/m0/s1. The largest absolute Gasteiger partial charge is 0.369 e. The average molecular weight is 378 g/mol. The summed E-state index contributed by atoms with van der Waals surface area (Å²) >= 11 is 0. The number of rotatable bonds is 3. The highest BCUT2D eigenvalue weighted by molar-refractivity contribution is 5.95. The maximum atomic E-state index is 13.0. The van der Waals surface area contributed by atoms with Crippen LogP contribution in [0.1, 0.15) is 34.3 Å². The van der Waals surface area contributed by atoms with Gasteiger partial charge in [0.25, 0.3) is 5.91 Å². The maximum Gasteiger partial charge on any atom is 0.254 e. The van der Waals surface area contributed by atoms with Gasteiger partial charge >= 0.3 is 0 Å². The molecule has 2 heterocycles. The summed E-state index contributed by atoms with van der Waals surface area (Å²) in [6, 6.07) is 17.1. The Morgan fingerprint density at radius 1 is 0.857 bits per heavy atom. The summed E-state index contributed by atoms with van der Waals surface area (Å²) in [6.07, 6.45) is 2.29. The summed E-state index contributed by atoms with van der Waals surface area (Å²) in [5.74, 6) is 0.196. The molecule has 1 atom stereocenters. The van der Waals surface area contributed by atoms with Crippen molar-refractivity contribution in [1.82, 2.24) is 9.80 Å². The molecule has 148 valence electrons. The highest BCUT2D eigenvalue weighted by atomic mass is 16.2. The minimum absolute atomic E-state index is 0.196.